The Morgan fingerprint density at radius 3 is 2.30 bits per heavy atom. The van der Waals surface area contributed by atoms with Crippen molar-refractivity contribution in [1.82, 2.24) is 0 Å². The highest BCUT2D eigenvalue weighted by molar-refractivity contribution is 6.07. The van der Waals surface area contributed by atoms with E-state index >= 15 is 0 Å². The summed E-state index contributed by atoms with van der Waals surface area (Å²) in [4.78, 5) is 14.7. The Labute approximate surface area is 161 Å². The summed E-state index contributed by atoms with van der Waals surface area (Å²) in [6.45, 7) is 5.69. The number of aliphatic hydroxyl groups excluding tert-OH is 1. The number of aliphatic hydroxyl groups is 1. The minimum Gasteiger partial charge on any atom is -0.491 e. The van der Waals surface area contributed by atoms with Crippen LogP contribution in [-0.4, -0.2) is 36.2 Å². The molecule has 1 N–H and O–H groups in total. The third-order valence-electron chi connectivity index (χ3n) is 4.66. The van der Waals surface area contributed by atoms with Gasteiger partial charge < -0.3 is 14.7 Å². The van der Waals surface area contributed by atoms with Crippen LogP contribution in [0.1, 0.15) is 42.6 Å². The first kappa shape index (κ1) is 19.2. The summed E-state index contributed by atoms with van der Waals surface area (Å²) in [5, 5.41) is 9.61. The Balaban J connectivity index is 1.59. The third kappa shape index (κ3) is 5.44. The van der Waals surface area contributed by atoms with Crippen molar-refractivity contribution >= 4 is 17.5 Å². The number of ether oxygens (including phenoxy) is 1. The van der Waals surface area contributed by atoms with Gasteiger partial charge in [-0.2, -0.15) is 0 Å². The molecule has 0 radical (unpaired) electrons. The van der Waals surface area contributed by atoms with Gasteiger partial charge in [-0.05, 0) is 74.7 Å². The number of piperidine rings is 1. The molecule has 0 aromatic heterocycles. The molecule has 1 fully saturated rings. The number of ketones is 1. The molecule has 0 amide bonds. The lowest BCUT2D eigenvalue weighted by atomic mass is 10.1. The van der Waals surface area contributed by atoms with Gasteiger partial charge in [0.2, 0.25) is 0 Å². The largest absolute Gasteiger partial charge is 0.491 e. The molecule has 0 bridgehead atoms. The molecule has 1 heterocycles. The van der Waals surface area contributed by atoms with Gasteiger partial charge in [0.15, 0.2) is 5.78 Å². The van der Waals surface area contributed by atoms with Crippen molar-refractivity contribution < 1.29 is 14.6 Å². The van der Waals surface area contributed by atoms with Crippen molar-refractivity contribution in [2.75, 3.05) is 18.0 Å². The first-order valence-electron chi connectivity index (χ1n) is 9.53. The molecule has 4 nitrogen and oxygen atoms in total. The molecule has 2 aromatic rings. The molecule has 1 aliphatic rings. The summed E-state index contributed by atoms with van der Waals surface area (Å²) in [6, 6.07) is 15.4. The van der Waals surface area contributed by atoms with Gasteiger partial charge in [0.25, 0.3) is 0 Å². The van der Waals surface area contributed by atoms with Gasteiger partial charge >= 0.3 is 0 Å². The Morgan fingerprint density at radius 2 is 1.70 bits per heavy atom. The fourth-order valence-corrected chi connectivity index (χ4v) is 3.16. The molecule has 0 atom stereocenters. The second-order valence-electron chi connectivity index (χ2n) is 7.20. The zero-order valence-corrected chi connectivity index (χ0v) is 16.0. The number of hydrogen-bond acceptors (Lipinski definition) is 4. The Morgan fingerprint density at radius 1 is 1.07 bits per heavy atom. The molecule has 1 saturated heterocycles. The van der Waals surface area contributed by atoms with Crippen LogP contribution in [0.4, 0.5) is 5.69 Å². The smallest absolute Gasteiger partial charge is 0.185 e. The van der Waals surface area contributed by atoms with E-state index in [4.69, 9.17) is 4.74 Å². The number of hydrogen-bond donors (Lipinski definition) is 1. The third-order valence-corrected chi connectivity index (χ3v) is 4.66. The molecule has 1 aliphatic heterocycles. The molecule has 4 heteroatoms. The van der Waals surface area contributed by atoms with Crippen molar-refractivity contribution in [3.05, 3.63) is 65.7 Å². The first-order valence-corrected chi connectivity index (χ1v) is 9.53. The number of benzene rings is 2. The fraction of sp³-hybridized carbons (Fsp3) is 0.348. The van der Waals surface area contributed by atoms with Gasteiger partial charge in [0, 0.05) is 24.3 Å². The topological polar surface area (TPSA) is 49.8 Å². The fourth-order valence-electron chi connectivity index (χ4n) is 3.16. The van der Waals surface area contributed by atoms with Gasteiger partial charge in [-0.15, -0.1) is 0 Å². The van der Waals surface area contributed by atoms with Crippen LogP contribution < -0.4 is 9.64 Å². The first-order chi connectivity index (χ1) is 13.0. The van der Waals surface area contributed by atoms with Gasteiger partial charge in [0.05, 0.1) is 12.2 Å². The zero-order valence-electron chi connectivity index (χ0n) is 16.0. The molecule has 27 heavy (non-hydrogen) atoms. The second-order valence-corrected chi connectivity index (χ2v) is 7.20. The summed E-state index contributed by atoms with van der Waals surface area (Å²) in [5.41, 5.74) is 2.73. The molecule has 2 aromatic carbocycles. The number of carbonyl (C=O) groups is 1. The van der Waals surface area contributed by atoms with Crippen molar-refractivity contribution in [2.24, 2.45) is 0 Å². The highest BCUT2D eigenvalue weighted by atomic mass is 16.5. The van der Waals surface area contributed by atoms with Crippen molar-refractivity contribution in [1.29, 1.82) is 0 Å². The lowest BCUT2D eigenvalue weighted by Gasteiger charge is -2.31. The van der Waals surface area contributed by atoms with Crippen molar-refractivity contribution in [3.63, 3.8) is 0 Å². The number of allylic oxidation sites excluding steroid dienone is 1. The highest BCUT2D eigenvalue weighted by Gasteiger charge is 2.17. The van der Waals surface area contributed by atoms with Crippen LogP contribution in [0.25, 0.3) is 6.08 Å². The Kier molecular flexibility index (Phi) is 6.30. The Bertz CT molecular complexity index is 770. The van der Waals surface area contributed by atoms with E-state index in [1.165, 1.54) is 0 Å². The maximum atomic E-state index is 12.4. The minimum atomic E-state index is -0.182. The van der Waals surface area contributed by atoms with Gasteiger partial charge in [0.1, 0.15) is 5.75 Å². The molecular formula is C23H27NO3. The molecule has 0 saturated carbocycles. The number of rotatable bonds is 6. The molecule has 0 aliphatic carbocycles. The quantitative estimate of drug-likeness (QED) is 0.611. The maximum absolute atomic E-state index is 12.4. The molecular weight excluding hydrogens is 338 g/mol. The maximum Gasteiger partial charge on any atom is 0.185 e. The molecule has 3 rings (SSSR count). The monoisotopic (exact) mass is 365 g/mol. The van der Waals surface area contributed by atoms with E-state index in [1.807, 2.05) is 68.5 Å². The molecule has 0 spiro atoms. The predicted molar refractivity (Wildman–Crippen MR) is 109 cm³/mol. The van der Waals surface area contributed by atoms with Gasteiger partial charge in [-0.25, -0.2) is 0 Å². The molecule has 0 unspecified atom stereocenters. The van der Waals surface area contributed by atoms with Gasteiger partial charge in [-0.1, -0.05) is 18.2 Å². The lowest BCUT2D eigenvalue weighted by molar-refractivity contribution is 0.104. The van der Waals surface area contributed by atoms with E-state index < -0.39 is 0 Å². The average molecular weight is 365 g/mol. The van der Waals surface area contributed by atoms with Gasteiger partial charge in [-0.3, -0.25) is 4.79 Å². The summed E-state index contributed by atoms with van der Waals surface area (Å²) in [5.74, 6) is 0.812. The standard InChI is InChI=1S/C23H27NO3/c1-17(2)27-22-10-3-18(4-11-22)5-12-23(26)19-6-8-20(9-7-19)24-15-13-21(25)14-16-24/h3-12,17,21,25H,13-16H2,1-2H3/b12-5+. The zero-order chi connectivity index (χ0) is 19.2. The van der Waals surface area contributed by atoms with E-state index in [2.05, 4.69) is 4.90 Å². The second kappa shape index (κ2) is 8.87. The number of anilines is 1. The minimum absolute atomic E-state index is 0.0156. The summed E-state index contributed by atoms with van der Waals surface area (Å²) in [6.07, 6.45) is 4.98. The van der Waals surface area contributed by atoms with Crippen molar-refractivity contribution in [2.45, 2.75) is 38.9 Å². The molecule has 142 valence electrons. The van der Waals surface area contributed by atoms with E-state index in [-0.39, 0.29) is 18.0 Å². The van der Waals surface area contributed by atoms with Crippen molar-refractivity contribution in [3.8, 4) is 5.75 Å². The van der Waals surface area contributed by atoms with E-state index in [9.17, 15) is 9.90 Å². The van der Waals surface area contributed by atoms with E-state index in [0.29, 0.717) is 5.56 Å². The summed E-state index contributed by atoms with van der Waals surface area (Å²) >= 11 is 0. The van der Waals surface area contributed by atoms with Crippen LogP contribution in [0.15, 0.2) is 54.6 Å². The summed E-state index contributed by atoms with van der Waals surface area (Å²) < 4.78 is 5.62. The normalized spacial score (nSPS) is 15.5. The Hall–Kier alpha value is -2.59. The summed E-state index contributed by atoms with van der Waals surface area (Å²) in [7, 11) is 0. The highest BCUT2D eigenvalue weighted by Crippen LogP contribution is 2.21. The SMILES string of the molecule is CC(C)Oc1ccc(/C=C/C(=O)c2ccc(N3CCC(O)CC3)cc2)cc1. The van der Waals surface area contributed by atoms with E-state index in [0.717, 1.165) is 42.9 Å². The average Bonchev–Trinajstić information content (AvgIpc) is 2.67. The van der Waals surface area contributed by atoms with E-state index in [1.54, 1.807) is 6.08 Å². The number of nitrogens with zero attached hydrogens (tertiary/aromatic N) is 1. The van der Waals surface area contributed by atoms with Crippen LogP contribution in [0.2, 0.25) is 0 Å². The van der Waals surface area contributed by atoms with Crippen LogP contribution in [-0.2, 0) is 0 Å². The van der Waals surface area contributed by atoms with Crippen LogP contribution in [0.5, 0.6) is 5.75 Å². The van der Waals surface area contributed by atoms with Crippen LogP contribution in [0.3, 0.4) is 0 Å². The lowest BCUT2D eigenvalue weighted by Crippen LogP contribution is -2.35. The van der Waals surface area contributed by atoms with Crippen LogP contribution >= 0.6 is 0 Å². The predicted octanol–water partition coefficient (Wildman–Crippen LogP) is 4.33. The van der Waals surface area contributed by atoms with Crippen LogP contribution in [0, 0.1) is 0 Å². The number of carbonyl (C=O) groups excluding carboxylic acids is 1.